The van der Waals surface area contributed by atoms with Crippen LogP contribution >= 0.6 is 0 Å². The molecule has 6 bridgehead atoms. The van der Waals surface area contributed by atoms with Gasteiger partial charge in [0.15, 0.2) is 0 Å². The van der Waals surface area contributed by atoms with Gasteiger partial charge in [0.05, 0.1) is 5.60 Å². The van der Waals surface area contributed by atoms with Gasteiger partial charge in [0, 0.05) is 51.5 Å². The normalized spacial score (nSPS) is 27.1. The van der Waals surface area contributed by atoms with Gasteiger partial charge < -0.3 is 42.6 Å². The van der Waals surface area contributed by atoms with E-state index in [1.54, 1.807) is 34.6 Å². The summed E-state index contributed by atoms with van der Waals surface area (Å²) in [7, 11) is 0. The standard InChI is InChI=1S/C18H30O2.C17H28O2.C16H24O3.C14H22O2.C13H22O2.C12H20O2.2C11H18O2/c1-14(2)17(19)20-18(3,15-10-6-4-7-11-15)16-12-8-5-9-13-16;1-3-16(18)19-17(2,14-10-6-4-7-11-14)15-12-8-5-9-13-15;1-10(2)15(17)18-11(3)19-16-7-12-4-13(8-16)6-14(5-12)9-16;1-6-11(15)16-14(5)9-10-7-8-13(14,4)12(10,2)3;1-10(2)12(14)15-13(3,4)11-8-6-5-7-9-11;1-10(2)11(13)14-12(3)8-6-4-5-7-9-12;1-9(2)10(12)13-11(3)7-5-4-6-8-11;1-3-10(12)13-11(2)8-6-4-5-7-9-11/h15-16H,1,4-13H2,2-3H3;3,14-15H,1,4-13H2,2H3;11-14H,1,4-9H2,2-3H3;6,10H,1,7-9H2,2-5H3;11H,1,5-9H2,2-4H3;1,4-9H2,2-3H3;1,4-8H2,2-3H3;3H,1,4-9H2,2H3. The third-order valence-corrected chi connectivity index (χ3v) is 33.0. The number of carbonyl (C=O) groups is 8. The zero-order chi connectivity index (χ0) is 95.8. The molecule has 14 rings (SSSR count). The fraction of sp³-hybridized carbons (Fsp3) is 0.786. The Bertz CT molecular complexity index is 3610. The molecule has 0 N–H and O–H groups in total. The van der Waals surface area contributed by atoms with Gasteiger partial charge in [-0.15, -0.1) is 0 Å². The van der Waals surface area contributed by atoms with Crippen LogP contribution in [0.5, 0.6) is 0 Å². The molecule has 0 aromatic rings. The number of carbonyl (C=O) groups excluding carboxylic acids is 8. The van der Waals surface area contributed by atoms with Crippen molar-refractivity contribution < 1.29 is 81.0 Å². The summed E-state index contributed by atoms with van der Waals surface area (Å²) >= 11 is 0. The van der Waals surface area contributed by atoms with Crippen molar-refractivity contribution in [2.24, 2.45) is 64.1 Å². The van der Waals surface area contributed by atoms with E-state index in [1.807, 2.05) is 41.5 Å². The number of rotatable bonds is 23. The third-order valence-electron chi connectivity index (χ3n) is 33.0. The molecule has 0 aromatic heterocycles. The van der Waals surface area contributed by atoms with Gasteiger partial charge in [-0.25, -0.2) is 38.4 Å². The average molecular weight is 1800 g/mol. The largest absolute Gasteiger partial charge is 0.456 e. The van der Waals surface area contributed by atoms with E-state index in [0.29, 0.717) is 63.4 Å². The number of ether oxygens (including phenoxy) is 9. The number of fused-ring (bicyclic) bond motifs is 2. The molecule has 4 unspecified atom stereocenters. The lowest BCUT2D eigenvalue weighted by Crippen LogP contribution is -2.53. The number of esters is 8. The second-order valence-corrected chi connectivity index (χ2v) is 44.6. The minimum Gasteiger partial charge on any atom is -0.456 e. The fourth-order valence-electron chi connectivity index (χ4n) is 24.7. The molecule has 14 fully saturated rings. The first-order chi connectivity index (χ1) is 60.6. The predicted octanol–water partition coefficient (Wildman–Crippen LogP) is 28.8. The van der Waals surface area contributed by atoms with Crippen LogP contribution in [0.2, 0.25) is 0 Å². The Morgan fingerprint density at radius 3 is 0.915 bits per heavy atom. The van der Waals surface area contributed by atoms with E-state index >= 15 is 0 Å². The molecule has 732 valence electrons. The van der Waals surface area contributed by atoms with Crippen LogP contribution in [0, 0.1) is 64.1 Å². The molecule has 17 heteroatoms. The Morgan fingerprint density at radius 2 is 0.612 bits per heavy atom. The molecule has 0 saturated heterocycles. The van der Waals surface area contributed by atoms with Crippen LogP contribution in [-0.4, -0.2) is 98.9 Å². The second-order valence-electron chi connectivity index (χ2n) is 44.6. The molecule has 0 aliphatic heterocycles. The molecule has 129 heavy (non-hydrogen) atoms. The van der Waals surface area contributed by atoms with Gasteiger partial charge in [0.1, 0.15) is 39.2 Å². The first kappa shape index (κ1) is 111. The number of hydrogen-bond acceptors (Lipinski definition) is 17. The molecule has 14 aliphatic carbocycles. The first-order valence-corrected chi connectivity index (χ1v) is 51.3. The van der Waals surface area contributed by atoms with Crippen LogP contribution in [-0.2, 0) is 81.0 Å². The maximum absolute atomic E-state index is 12.1. The zero-order valence-corrected chi connectivity index (χ0v) is 84.7. The molecule has 4 atom stereocenters. The summed E-state index contributed by atoms with van der Waals surface area (Å²) in [4.78, 5) is 92.1. The van der Waals surface area contributed by atoms with Crippen LogP contribution in [0.1, 0.15) is 445 Å². The van der Waals surface area contributed by atoms with E-state index in [2.05, 4.69) is 94.2 Å². The van der Waals surface area contributed by atoms with Gasteiger partial charge >= 0.3 is 47.8 Å². The van der Waals surface area contributed by atoms with Crippen molar-refractivity contribution in [2.75, 3.05) is 0 Å². The summed E-state index contributed by atoms with van der Waals surface area (Å²) in [6, 6.07) is 0. The summed E-state index contributed by atoms with van der Waals surface area (Å²) in [6.45, 7) is 62.5. The van der Waals surface area contributed by atoms with Gasteiger partial charge in [-0.2, -0.15) is 0 Å². The van der Waals surface area contributed by atoms with E-state index in [9.17, 15) is 38.4 Å². The minimum atomic E-state index is -0.458. The zero-order valence-electron chi connectivity index (χ0n) is 84.7. The van der Waals surface area contributed by atoms with Gasteiger partial charge in [-0.1, -0.05) is 202 Å². The molecule has 14 aliphatic rings. The lowest BCUT2D eigenvalue weighted by Gasteiger charge is -2.56. The van der Waals surface area contributed by atoms with Crippen LogP contribution in [0.15, 0.2) is 98.7 Å². The van der Waals surface area contributed by atoms with Crippen LogP contribution in [0.25, 0.3) is 0 Å². The average Bonchev–Trinajstić information content (AvgIpc) is 1.53. The lowest BCUT2D eigenvalue weighted by atomic mass is 9.54. The Balaban J connectivity index is 0.000000228. The second kappa shape index (κ2) is 51.4. The highest BCUT2D eigenvalue weighted by Gasteiger charge is 2.69. The van der Waals surface area contributed by atoms with Crippen molar-refractivity contribution in [1.82, 2.24) is 0 Å². The van der Waals surface area contributed by atoms with E-state index < -0.39 is 6.29 Å². The van der Waals surface area contributed by atoms with E-state index in [1.165, 1.54) is 275 Å². The minimum absolute atomic E-state index is 0.0104. The van der Waals surface area contributed by atoms with Gasteiger partial charge in [-0.05, 0) is 355 Å². The smallest absolute Gasteiger partial charge is 0.335 e. The highest BCUT2D eigenvalue weighted by atomic mass is 16.7. The topological polar surface area (TPSA) is 220 Å². The summed E-state index contributed by atoms with van der Waals surface area (Å²) < 4.78 is 50.8. The maximum Gasteiger partial charge on any atom is 0.335 e. The highest BCUT2D eigenvalue weighted by molar-refractivity contribution is 5.89. The molecule has 0 spiro atoms. The molecule has 0 radical (unpaired) electrons. The van der Waals surface area contributed by atoms with Gasteiger partial charge in [0.25, 0.3) is 0 Å². The molecule has 0 heterocycles. The lowest BCUT2D eigenvalue weighted by molar-refractivity contribution is -0.243. The Hall–Kier alpha value is -6.36. The summed E-state index contributed by atoms with van der Waals surface area (Å²) in [5, 5.41) is 0. The molecule has 14 saturated carbocycles. The van der Waals surface area contributed by atoms with E-state index in [4.69, 9.17) is 42.6 Å². The maximum atomic E-state index is 12.1. The predicted molar refractivity (Wildman–Crippen MR) is 520 cm³/mol. The number of hydrogen-bond donors (Lipinski definition) is 0. The third kappa shape index (κ3) is 33.6. The SMILES string of the molecule is C=C(C)C(=O)OC(C)(C)C1CCCCC1.C=C(C)C(=O)OC(C)(C1CCCCC1)C1CCCCC1.C=C(C)C(=O)OC(C)OC12CC3CC(CC(C3)C1)C2.C=C(C)C(=O)OC1(C)CCCCC1.C=C(C)C(=O)OC1(C)CCCCCC1.C=CC(=O)OC(C)(C1CCCCC1)C1CCCCC1.C=CC(=O)OC1(C)CC2CCC1(C)C2(C)C.C=CC(=O)OC1(C)CCCCCC1. The monoisotopic (exact) mass is 1800 g/mol. The molecule has 0 aromatic carbocycles. The molecular weight excluding hydrogens is 1620 g/mol. The van der Waals surface area contributed by atoms with Crippen molar-refractivity contribution in [2.45, 2.75) is 496 Å². The van der Waals surface area contributed by atoms with Crippen molar-refractivity contribution in [3.63, 3.8) is 0 Å². The van der Waals surface area contributed by atoms with Gasteiger partial charge in [-0.3, -0.25) is 0 Å². The van der Waals surface area contributed by atoms with E-state index in [-0.39, 0.29) is 103 Å². The fourth-order valence-corrected chi connectivity index (χ4v) is 24.7. The Labute approximate surface area is 783 Å². The molecular formula is C112H182O17. The highest BCUT2D eigenvalue weighted by Crippen LogP contribution is 2.71. The summed E-state index contributed by atoms with van der Waals surface area (Å²) in [5.74, 6) is 3.81. The van der Waals surface area contributed by atoms with Crippen molar-refractivity contribution in [3.8, 4) is 0 Å². The van der Waals surface area contributed by atoms with E-state index in [0.717, 1.165) is 88.4 Å². The first-order valence-electron chi connectivity index (χ1n) is 51.3. The van der Waals surface area contributed by atoms with Crippen LogP contribution in [0.4, 0.5) is 0 Å². The van der Waals surface area contributed by atoms with Crippen molar-refractivity contribution >= 4 is 47.8 Å². The Morgan fingerprint density at radius 1 is 0.326 bits per heavy atom. The molecule has 0 amide bonds. The Kier molecular flexibility index (Phi) is 44.4. The van der Waals surface area contributed by atoms with Crippen LogP contribution < -0.4 is 0 Å². The summed E-state index contributed by atoms with van der Waals surface area (Å²) in [5.41, 5.74) is 0.910. The van der Waals surface area contributed by atoms with Crippen molar-refractivity contribution in [3.05, 3.63) is 98.7 Å². The van der Waals surface area contributed by atoms with Gasteiger partial charge in [0.2, 0.25) is 6.29 Å². The molecule has 17 nitrogen and oxygen atoms in total. The quantitative estimate of drug-likeness (QED) is 0.0305. The van der Waals surface area contributed by atoms with Crippen LogP contribution in [0.3, 0.4) is 0 Å². The summed E-state index contributed by atoms with van der Waals surface area (Å²) in [6.07, 6.45) is 65.4. The van der Waals surface area contributed by atoms with Crippen molar-refractivity contribution in [1.29, 1.82) is 0 Å².